The smallest absolute Gasteiger partial charge is 0.252 e. The summed E-state index contributed by atoms with van der Waals surface area (Å²) >= 11 is 0. The van der Waals surface area contributed by atoms with E-state index >= 15 is 0 Å². The molecule has 0 unspecified atom stereocenters. The number of methoxy groups -OCH3 is 1. The highest BCUT2D eigenvalue weighted by Gasteiger charge is 2.14. The zero-order chi connectivity index (χ0) is 19.3. The highest BCUT2D eigenvalue weighted by molar-refractivity contribution is 6.07. The fourth-order valence-electron chi connectivity index (χ4n) is 3.06. The topological polar surface area (TPSA) is 64.1 Å². The molecule has 0 saturated heterocycles. The van der Waals surface area contributed by atoms with Gasteiger partial charge in [0.1, 0.15) is 5.75 Å². The van der Waals surface area contributed by atoms with Crippen molar-refractivity contribution in [3.05, 3.63) is 90.3 Å². The number of benzene rings is 2. The van der Waals surface area contributed by atoms with Crippen LogP contribution in [0.15, 0.2) is 79.0 Å². The van der Waals surface area contributed by atoms with Crippen LogP contribution < -0.4 is 10.1 Å². The molecule has 5 heteroatoms. The molecule has 138 valence electrons. The first-order valence-electron chi connectivity index (χ1n) is 8.97. The van der Waals surface area contributed by atoms with Crippen molar-refractivity contribution in [3.8, 4) is 17.0 Å². The Labute approximate surface area is 163 Å². The zero-order valence-corrected chi connectivity index (χ0v) is 15.4. The summed E-state index contributed by atoms with van der Waals surface area (Å²) in [5.41, 5.74) is 3.77. The summed E-state index contributed by atoms with van der Waals surface area (Å²) in [7, 11) is 1.63. The summed E-state index contributed by atoms with van der Waals surface area (Å²) in [5, 5.41) is 3.77. The molecule has 28 heavy (non-hydrogen) atoms. The molecular formula is C23H19N3O2. The summed E-state index contributed by atoms with van der Waals surface area (Å²) in [6.45, 7) is 0.366. The minimum Gasteiger partial charge on any atom is -0.497 e. The number of ether oxygens (including phenoxy) is 1. The van der Waals surface area contributed by atoms with Crippen molar-refractivity contribution in [3.63, 3.8) is 0 Å². The number of nitrogens with zero attached hydrogens (tertiary/aromatic N) is 2. The van der Waals surface area contributed by atoms with Crippen molar-refractivity contribution >= 4 is 16.8 Å². The Kier molecular flexibility index (Phi) is 4.97. The fraction of sp³-hybridized carbons (Fsp3) is 0.0870. The number of nitrogens with one attached hydrogen (secondary N) is 1. The van der Waals surface area contributed by atoms with Crippen LogP contribution in [-0.2, 0) is 6.54 Å². The number of amides is 1. The van der Waals surface area contributed by atoms with Crippen LogP contribution in [0.4, 0.5) is 0 Å². The molecule has 0 spiro atoms. The van der Waals surface area contributed by atoms with Crippen LogP contribution in [0.1, 0.15) is 16.1 Å². The normalized spacial score (nSPS) is 10.6. The molecule has 0 bridgehead atoms. The van der Waals surface area contributed by atoms with E-state index < -0.39 is 0 Å². The summed E-state index contributed by atoms with van der Waals surface area (Å²) in [6, 6.07) is 22.8. The van der Waals surface area contributed by atoms with E-state index in [1.807, 2.05) is 72.8 Å². The number of carbonyl (C=O) groups is 1. The third-order valence-corrected chi connectivity index (χ3v) is 4.48. The molecule has 0 aliphatic heterocycles. The molecule has 0 aliphatic carbocycles. The molecular weight excluding hydrogens is 350 g/mol. The Hall–Kier alpha value is -3.73. The average Bonchev–Trinajstić information content (AvgIpc) is 2.77. The number of hydrogen-bond donors (Lipinski definition) is 1. The van der Waals surface area contributed by atoms with E-state index in [1.165, 1.54) is 0 Å². The van der Waals surface area contributed by atoms with Gasteiger partial charge in [0, 0.05) is 17.1 Å². The molecule has 2 aromatic carbocycles. The van der Waals surface area contributed by atoms with Crippen LogP contribution in [0.3, 0.4) is 0 Å². The highest BCUT2D eigenvalue weighted by Crippen LogP contribution is 2.27. The molecule has 0 saturated carbocycles. The Morgan fingerprint density at radius 2 is 1.86 bits per heavy atom. The maximum atomic E-state index is 12.9. The summed E-state index contributed by atoms with van der Waals surface area (Å²) < 4.78 is 5.32. The highest BCUT2D eigenvalue weighted by atomic mass is 16.5. The third kappa shape index (κ3) is 3.69. The fourth-order valence-corrected chi connectivity index (χ4v) is 3.06. The van der Waals surface area contributed by atoms with Crippen molar-refractivity contribution in [1.29, 1.82) is 0 Å². The number of rotatable bonds is 5. The first-order valence-corrected chi connectivity index (χ1v) is 8.97. The van der Waals surface area contributed by atoms with E-state index in [1.54, 1.807) is 13.3 Å². The zero-order valence-electron chi connectivity index (χ0n) is 15.4. The Balaban J connectivity index is 1.72. The van der Waals surface area contributed by atoms with Gasteiger partial charge in [-0.25, -0.2) is 4.98 Å². The van der Waals surface area contributed by atoms with Crippen LogP contribution >= 0.6 is 0 Å². The number of hydrogen-bond acceptors (Lipinski definition) is 4. The molecule has 0 fully saturated rings. The number of carbonyl (C=O) groups excluding carboxylic acids is 1. The van der Waals surface area contributed by atoms with Gasteiger partial charge in [-0.1, -0.05) is 36.4 Å². The van der Waals surface area contributed by atoms with Gasteiger partial charge in [0.2, 0.25) is 0 Å². The van der Waals surface area contributed by atoms with Crippen molar-refractivity contribution in [2.24, 2.45) is 0 Å². The lowest BCUT2D eigenvalue weighted by Crippen LogP contribution is -2.23. The number of pyridine rings is 2. The first-order chi connectivity index (χ1) is 13.7. The molecule has 4 aromatic rings. The predicted octanol–water partition coefficient (Wildman–Crippen LogP) is 4.24. The maximum absolute atomic E-state index is 12.9. The average molecular weight is 369 g/mol. The second-order valence-corrected chi connectivity index (χ2v) is 6.31. The molecule has 0 radical (unpaired) electrons. The van der Waals surface area contributed by atoms with Gasteiger partial charge in [0.15, 0.2) is 0 Å². The lowest BCUT2D eigenvalue weighted by atomic mass is 10.0. The lowest BCUT2D eigenvalue weighted by molar-refractivity contribution is 0.0952. The van der Waals surface area contributed by atoms with Gasteiger partial charge in [-0.3, -0.25) is 9.78 Å². The lowest BCUT2D eigenvalue weighted by Gasteiger charge is -2.11. The number of aromatic nitrogens is 2. The monoisotopic (exact) mass is 369 g/mol. The second kappa shape index (κ2) is 7.88. The molecule has 1 amide bonds. The summed E-state index contributed by atoms with van der Waals surface area (Å²) in [5.74, 6) is 0.585. The van der Waals surface area contributed by atoms with Crippen molar-refractivity contribution < 1.29 is 9.53 Å². The minimum absolute atomic E-state index is 0.159. The van der Waals surface area contributed by atoms with Crippen LogP contribution in [0.25, 0.3) is 22.2 Å². The number of fused-ring (bicyclic) bond motifs is 1. The minimum atomic E-state index is -0.159. The number of para-hydroxylation sites is 1. The second-order valence-electron chi connectivity index (χ2n) is 6.31. The largest absolute Gasteiger partial charge is 0.497 e. The Morgan fingerprint density at radius 1 is 1.00 bits per heavy atom. The molecule has 2 aromatic heterocycles. The van der Waals surface area contributed by atoms with Crippen molar-refractivity contribution in [2.45, 2.75) is 6.54 Å². The molecule has 0 atom stereocenters. The van der Waals surface area contributed by atoms with Crippen LogP contribution in [0.5, 0.6) is 5.75 Å². The van der Waals surface area contributed by atoms with Crippen molar-refractivity contribution in [1.82, 2.24) is 15.3 Å². The predicted molar refractivity (Wildman–Crippen MR) is 109 cm³/mol. The molecule has 0 aliphatic rings. The van der Waals surface area contributed by atoms with Crippen LogP contribution in [0.2, 0.25) is 0 Å². The van der Waals surface area contributed by atoms with E-state index in [-0.39, 0.29) is 5.91 Å². The van der Waals surface area contributed by atoms with Gasteiger partial charge in [0.25, 0.3) is 5.91 Å². The van der Waals surface area contributed by atoms with Crippen LogP contribution in [0, 0.1) is 0 Å². The quantitative estimate of drug-likeness (QED) is 0.572. The SMILES string of the molecule is COc1cccc(-c2cc(C(=O)NCc3ccccn3)c3ccccc3n2)c1. The van der Waals surface area contributed by atoms with E-state index in [0.717, 1.165) is 33.6 Å². The van der Waals surface area contributed by atoms with Gasteiger partial charge in [0.05, 0.1) is 36.1 Å². The molecule has 4 rings (SSSR count). The molecule has 2 heterocycles. The van der Waals surface area contributed by atoms with Gasteiger partial charge >= 0.3 is 0 Å². The maximum Gasteiger partial charge on any atom is 0.252 e. The van der Waals surface area contributed by atoms with Gasteiger partial charge < -0.3 is 10.1 Å². The van der Waals surface area contributed by atoms with Crippen molar-refractivity contribution in [2.75, 3.05) is 7.11 Å². The van der Waals surface area contributed by atoms with Gasteiger partial charge in [-0.05, 0) is 36.4 Å². The summed E-state index contributed by atoms with van der Waals surface area (Å²) in [6.07, 6.45) is 1.71. The Bertz CT molecular complexity index is 1130. The first kappa shape index (κ1) is 17.7. The van der Waals surface area contributed by atoms with Gasteiger partial charge in [-0.2, -0.15) is 0 Å². The van der Waals surface area contributed by atoms with E-state index in [9.17, 15) is 4.79 Å². The molecule has 5 nitrogen and oxygen atoms in total. The Morgan fingerprint density at radius 3 is 2.68 bits per heavy atom. The summed E-state index contributed by atoms with van der Waals surface area (Å²) in [4.78, 5) is 21.9. The van der Waals surface area contributed by atoms with E-state index in [2.05, 4.69) is 10.3 Å². The third-order valence-electron chi connectivity index (χ3n) is 4.48. The van der Waals surface area contributed by atoms with E-state index in [4.69, 9.17) is 9.72 Å². The standard InChI is InChI=1S/C23H19N3O2/c1-28-18-9-6-7-16(13-18)22-14-20(19-10-2-3-11-21(19)26-22)23(27)25-15-17-8-4-5-12-24-17/h2-14H,15H2,1H3,(H,25,27). The van der Waals surface area contributed by atoms with Gasteiger partial charge in [-0.15, -0.1) is 0 Å². The van der Waals surface area contributed by atoms with Crippen LogP contribution in [-0.4, -0.2) is 23.0 Å². The van der Waals surface area contributed by atoms with E-state index in [0.29, 0.717) is 12.1 Å². The molecule has 1 N–H and O–H groups in total.